The molecule has 0 aliphatic heterocycles. The van der Waals surface area contributed by atoms with Gasteiger partial charge in [0.25, 0.3) is 0 Å². The summed E-state index contributed by atoms with van der Waals surface area (Å²) in [6.45, 7) is 1.84. The number of benzene rings is 2. The average Bonchev–Trinajstić information content (AvgIpc) is 2.69. The first-order chi connectivity index (χ1) is 12.7. The Bertz CT molecular complexity index is 878. The van der Waals surface area contributed by atoms with Gasteiger partial charge in [-0.05, 0) is 43.2 Å². The van der Waals surface area contributed by atoms with Gasteiger partial charge in [0.2, 0.25) is 5.91 Å². The summed E-state index contributed by atoms with van der Waals surface area (Å²) in [5.74, 6) is 1.23. The van der Waals surface area contributed by atoms with Gasteiger partial charge < -0.3 is 10.1 Å². The smallest absolute Gasteiger partial charge is 0.225 e. The molecule has 0 spiro atoms. The van der Waals surface area contributed by atoms with Crippen molar-refractivity contribution in [3.05, 3.63) is 72.1 Å². The largest absolute Gasteiger partial charge is 0.497 e. The standard InChI is InChI=1S/C21H21N3O2/c1-15-21(24-20(25)13-8-16-6-4-3-5-7-16)22-14-19(23-15)17-9-11-18(26-2)12-10-17/h3-7,9-12,14H,8,13H2,1-2H3,(H,22,24,25). The SMILES string of the molecule is COc1ccc(-c2cnc(NC(=O)CCc3ccccc3)c(C)n2)cc1. The number of hydrogen-bond acceptors (Lipinski definition) is 4. The Morgan fingerprint density at radius 2 is 1.81 bits per heavy atom. The number of nitrogens with zero attached hydrogens (tertiary/aromatic N) is 2. The third kappa shape index (κ3) is 4.45. The molecule has 2 aromatic carbocycles. The van der Waals surface area contributed by atoms with Gasteiger partial charge in [-0.15, -0.1) is 0 Å². The lowest BCUT2D eigenvalue weighted by molar-refractivity contribution is -0.116. The number of carbonyl (C=O) groups is 1. The average molecular weight is 347 g/mol. The molecule has 0 aliphatic carbocycles. The van der Waals surface area contributed by atoms with E-state index >= 15 is 0 Å². The normalized spacial score (nSPS) is 10.4. The molecule has 0 saturated carbocycles. The quantitative estimate of drug-likeness (QED) is 0.731. The van der Waals surface area contributed by atoms with Crippen molar-refractivity contribution in [2.75, 3.05) is 12.4 Å². The van der Waals surface area contributed by atoms with E-state index in [0.717, 1.165) is 22.6 Å². The van der Waals surface area contributed by atoms with Crippen LogP contribution in [0, 0.1) is 6.92 Å². The lowest BCUT2D eigenvalue weighted by atomic mass is 10.1. The van der Waals surface area contributed by atoms with Crippen molar-refractivity contribution >= 4 is 11.7 Å². The van der Waals surface area contributed by atoms with Gasteiger partial charge in [0.15, 0.2) is 5.82 Å². The van der Waals surface area contributed by atoms with Crippen molar-refractivity contribution in [3.63, 3.8) is 0 Å². The van der Waals surface area contributed by atoms with Crippen molar-refractivity contribution in [2.24, 2.45) is 0 Å². The molecule has 1 heterocycles. The van der Waals surface area contributed by atoms with Crippen molar-refractivity contribution in [3.8, 4) is 17.0 Å². The summed E-state index contributed by atoms with van der Waals surface area (Å²) in [5.41, 5.74) is 3.53. The highest BCUT2D eigenvalue weighted by Gasteiger charge is 2.09. The minimum absolute atomic E-state index is 0.0662. The lowest BCUT2D eigenvalue weighted by Gasteiger charge is -2.09. The van der Waals surface area contributed by atoms with E-state index in [9.17, 15) is 4.79 Å². The molecule has 3 rings (SSSR count). The summed E-state index contributed by atoms with van der Waals surface area (Å²) >= 11 is 0. The molecule has 1 amide bonds. The Balaban J connectivity index is 1.64. The first-order valence-electron chi connectivity index (χ1n) is 8.47. The number of aryl methyl sites for hydroxylation is 2. The first-order valence-corrected chi connectivity index (χ1v) is 8.47. The van der Waals surface area contributed by atoms with E-state index in [1.165, 1.54) is 0 Å². The number of anilines is 1. The Morgan fingerprint density at radius 3 is 2.46 bits per heavy atom. The summed E-state index contributed by atoms with van der Waals surface area (Å²) in [7, 11) is 1.63. The second kappa shape index (κ2) is 8.25. The van der Waals surface area contributed by atoms with Gasteiger partial charge >= 0.3 is 0 Å². The summed E-state index contributed by atoms with van der Waals surface area (Å²) < 4.78 is 5.16. The van der Waals surface area contributed by atoms with Gasteiger partial charge in [-0.2, -0.15) is 0 Å². The first kappa shape index (κ1) is 17.6. The Hall–Kier alpha value is -3.21. The molecule has 3 aromatic rings. The highest BCUT2D eigenvalue weighted by atomic mass is 16.5. The van der Waals surface area contributed by atoms with Crippen LogP contribution in [0.1, 0.15) is 17.7 Å². The van der Waals surface area contributed by atoms with Crippen LogP contribution in [0.2, 0.25) is 0 Å². The molecule has 0 unspecified atom stereocenters. The van der Waals surface area contributed by atoms with Crippen molar-refractivity contribution in [1.82, 2.24) is 9.97 Å². The molecule has 0 aliphatic rings. The molecule has 132 valence electrons. The molecule has 0 radical (unpaired) electrons. The van der Waals surface area contributed by atoms with Crippen LogP contribution in [0.3, 0.4) is 0 Å². The lowest BCUT2D eigenvalue weighted by Crippen LogP contribution is -2.15. The monoisotopic (exact) mass is 347 g/mol. The molecular formula is C21H21N3O2. The van der Waals surface area contributed by atoms with E-state index in [4.69, 9.17) is 4.74 Å². The Labute approximate surface area is 153 Å². The number of hydrogen-bond donors (Lipinski definition) is 1. The van der Waals surface area contributed by atoms with Gasteiger partial charge in [0.1, 0.15) is 5.75 Å². The van der Waals surface area contributed by atoms with Crippen LogP contribution >= 0.6 is 0 Å². The maximum atomic E-state index is 12.2. The van der Waals surface area contributed by atoms with Crippen molar-refractivity contribution in [1.29, 1.82) is 0 Å². The maximum absolute atomic E-state index is 12.2. The summed E-state index contributed by atoms with van der Waals surface area (Å²) in [6.07, 6.45) is 2.77. The molecule has 5 heteroatoms. The molecule has 0 bridgehead atoms. The van der Waals surface area contributed by atoms with E-state index in [1.807, 2.05) is 61.5 Å². The summed E-state index contributed by atoms with van der Waals surface area (Å²) in [6, 6.07) is 17.6. The van der Waals surface area contributed by atoms with Crippen LogP contribution < -0.4 is 10.1 Å². The fraction of sp³-hybridized carbons (Fsp3) is 0.190. The van der Waals surface area contributed by atoms with Gasteiger partial charge in [-0.25, -0.2) is 9.97 Å². The van der Waals surface area contributed by atoms with Crippen LogP contribution in [0.4, 0.5) is 5.82 Å². The van der Waals surface area contributed by atoms with E-state index in [2.05, 4.69) is 15.3 Å². The number of rotatable bonds is 6. The van der Waals surface area contributed by atoms with E-state index in [1.54, 1.807) is 13.3 Å². The minimum atomic E-state index is -0.0662. The number of methoxy groups -OCH3 is 1. The second-order valence-corrected chi connectivity index (χ2v) is 5.95. The summed E-state index contributed by atoms with van der Waals surface area (Å²) in [5, 5.41) is 2.84. The Morgan fingerprint density at radius 1 is 1.08 bits per heavy atom. The van der Waals surface area contributed by atoms with Crippen molar-refractivity contribution in [2.45, 2.75) is 19.8 Å². The van der Waals surface area contributed by atoms with Crippen LogP contribution in [-0.4, -0.2) is 23.0 Å². The maximum Gasteiger partial charge on any atom is 0.225 e. The molecular weight excluding hydrogens is 326 g/mol. The zero-order chi connectivity index (χ0) is 18.4. The topological polar surface area (TPSA) is 64.1 Å². The highest BCUT2D eigenvalue weighted by Crippen LogP contribution is 2.22. The van der Waals surface area contributed by atoms with Crippen molar-refractivity contribution < 1.29 is 9.53 Å². The number of ether oxygens (including phenoxy) is 1. The minimum Gasteiger partial charge on any atom is -0.497 e. The predicted molar refractivity (Wildman–Crippen MR) is 102 cm³/mol. The highest BCUT2D eigenvalue weighted by molar-refractivity contribution is 5.90. The molecule has 0 fully saturated rings. The third-order valence-corrected chi connectivity index (χ3v) is 4.07. The van der Waals surface area contributed by atoms with Crippen LogP contribution in [0.5, 0.6) is 5.75 Å². The number of nitrogens with one attached hydrogen (secondary N) is 1. The van der Waals surface area contributed by atoms with Gasteiger partial charge in [0, 0.05) is 12.0 Å². The molecule has 26 heavy (non-hydrogen) atoms. The number of amides is 1. The summed E-state index contributed by atoms with van der Waals surface area (Å²) in [4.78, 5) is 21.1. The van der Waals surface area contributed by atoms with Crippen LogP contribution in [-0.2, 0) is 11.2 Å². The van der Waals surface area contributed by atoms with Gasteiger partial charge in [-0.3, -0.25) is 4.79 Å². The van der Waals surface area contributed by atoms with E-state index < -0.39 is 0 Å². The molecule has 5 nitrogen and oxygen atoms in total. The zero-order valence-electron chi connectivity index (χ0n) is 14.9. The van der Waals surface area contributed by atoms with Gasteiger partial charge in [0.05, 0.1) is 24.7 Å². The van der Waals surface area contributed by atoms with E-state index in [0.29, 0.717) is 24.4 Å². The van der Waals surface area contributed by atoms with E-state index in [-0.39, 0.29) is 5.91 Å². The van der Waals surface area contributed by atoms with Gasteiger partial charge in [-0.1, -0.05) is 30.3 Å². The zero-order valence-corrected chi connectivity index (χ0v) is 14.9. The van der Waals surface area contributed by atoms with Crippen LogP contribution in [0.25, 0.3) is 11.3 Å². The molecule has 1 aromatic heterocycles. The fourth-order valence-corrected chi connectivity index (χ4v) is 2.60. The number of carbonyl (C=O) groups excluding carboxylic acids is 1. The van der Waals surface area contributed by atoms with Crippen LogP contribution in [0.15, 0.2) is 60.8 Å². The Kier molecular flexibility index (Phi) is 5.59. The number of aromatic nitrogens is 2. The second-order valence-electron chi connectivity index (χ2n) is 5.95. The molecule has 0 saturated heterocycles. The fourth-order valence-electron chi connectivity index (χ4n) is 2.60. The molecule has 0 atom stereocenters. The third-order valence-electron chi connectivity index (χ3n) is 4.07. The predicted octanol–water partition coefficient (Wildman–Crippen LogP) is 4.03. The molecule has 1 N–H and O–H groups in total.